The fourth-order valence-electron chi connectivity index (χ4n) is 1.68. The molecule has 4 heteroatoms. The topological polar surface area (TPSA) is 42.4 Å². The number of hydrogen-bond acceptors (Lipinski definition) is 3. The number of aliphatic hydroxyl groups excluding tert-OH is 1. The number of aryl methyl sites for hydroxylation is 1. The van der Waals surface area contributed by atoms with Gasteiger partial charge in [0.1, 0.15) is 11.5 Å². The molecule has 3 nitrogen and oxygen atoms in total. The van der Waals surface area contributed by atoms with E-state index in [0.29, 0.717) is 28.6 Å². The van der Waals surface area contributed by atoms with Gasteiger partial charge < -0.3 is 9.84 Å². The normalized spacial score (nSPS) is 12.2. The Bertz CT molecular complexity index is 555. The summed E-state index contributed by atoms with van der Waals surface area (Å²) in [4.78, 5) is 4.18. The molecule has 1 atom stereocenters. The summed E-state index contributed by atoms with van der Waals surface area (Å²) < 4.78 is 5.68. The highest BCUT2D eigenvalue weighted by molar-refractivity contribution is 6.31. The number of pyridine rings is 1. The Morgan fingerprint density at radius 1 is 1.26 bits per heavy atom. The van der Waals surface area contributed by atoms with Crippen LogP contribution in [0.3, 0.4) is 0 Å². The minimum absolute atomic E-state index is 0.521. The van der Waals surface area contributed by atoms with Gasteiger partial charge in [-0.05, 0) is 49.2 Å². The van der Waals surface area contributed by atoms with Crippen LogP contribution < -0.4 is 4.74 Å². The Balaban J connectivity index is 2.12. The van der Waals surface area contributed by atoms with Crippen LogP contribution in [-0.2, 0) is 0 Å². The van der Waals surface area contributed by atoms with Crippen LogP contribution in [0, 0.1) is 6.92 Å². The van der Waals surface area contributed by atoms with Crippen LogP contribution in [0.1, 0.15) is 30.7 Å². The van der Waals surface area contributed by atoms with E-state index in [4.69, 9.17) is 16.3 Å². The van der Waals surface area contributed by atoms with Gasteiger partial charge in [0.25, 0.3) is 0 Å². The third kappa shape index (κ3) is 3.46. The second kappa shape index (κ2) is 6.04. The minimum atomic E-state index is -0.521. The molecule has 0 unspecified atom stereocenters. The Morgan fingerprint density at radius 3 is 2.58 bits per heavy atom. The monoisotopic (exact) mass is 277 g/mol. The van der Waals surface area contributed by atoms with Crippen LogP contribution in [0.2, 0.25) is 5.02 Å². The summed E-state index contributed by atoms with van der Waals surface area (Å²) in [7, 11) is 0. The molecule has 19 heavy (non-hydrogen) atoms. The molecule has 0 bridgehead atoms. The van der Waals surface area contributed by atoms with Gasteiger partial charge in [0.2, 0.25) is 0 Å². The van der Waals surface area contributed by atoms with Crippen LogP contribution >= 0.6 is 11.6 Å². The molecule has 0 radical (unpaired) electrons. The van der Waals surface area contributed by atoms with Crippen molar-refractivity contribution >= 4 is 11.6 Å². The van der Waals surface area contributed by atoms with Crippen molar-refractivity contribution in [1.82, 2.24) is 4.98 Å². The number of halogens is 1. The average Bonchev–Trinajstić information content (AvgIpc) is 2.43. The van der Waals surface area contributed by atoms with Crippen molar-refractivity contribution in [3.63, 3.8) is 0 Å². The van der Waals surface area contributed by atoms with Gasteiger partial charge in [0.15, 0.2) is 0 Å². The van der Waals surface area contributed by atoms with Crippen LogP contribution in [0.15, 0.2) is 36.5 Å². The summed E-state index contributed by atoms with van der Waals surface area (Å²) in [5.74, 6) is 1.35. The van der Waals surface area contributed by atoms with Gasteiger partial charge >= 0.3 is 0 Å². The SMILES string of the molecule is CC[C@@H](O)c1ccc(Oc2ccc(Cl)c(C)c2)cn1. The third-order valence-corrected chi connectivity index (χ3v) is 3.28. The zero-order valence-electron chi connectivity index (χ0n) is 10.9. The molecule has 0 amide bonds. The van der Waals surface area contributed by atoms with E-state index in [9.17, 15) is 5.11 Å². The predicted octanol–water partition coefficient (Wildman–Crippen LogP) is 4.28. The van der Waals surface area contributed by atoms with E-state index >= 15 is 0 Å². The van der Waals surface area contributed by atoms with E-state index in [1.54, 1.807) is 24.4 Å². The van der Waals surface area contributed by atoms with E-state index in [1.165, 1.54) is 0 Å². The number of aromatic nitrogens is 1. The van der Waals surface area contributed by atoms with Crippen molar-refractivity contribution in [3.8, 4) is 11.5 Å². The molecule has 2 aromatic rings. The second-order valence-corrected chi connectivity index (χ2v) is 4.76. The van der Waals surface area contributed by atoms with Gasteiger partial charge in [0, 0.05) is 5.02 Å². The average molecular weight is 278 g/mol. The van der Waals surface area contributed by atoms with Crippen molar-refractivity contribution < 1.29 is 9.84 Å². The number of ether oxygens (including phenoxy) is 1. The minimum Gasteiger partial charge on any atom is -0.456 e. The molecule has 1 heterocycles. The molecule has 1 N–H and O–H groups in total. The van der Waals surface area contributed by atoms with Gasteiger partial charge in [-0.1, -0.05) is 18.5 Å². The maximum absolute atomic E-state index is 9.66. The highest BCUT2D eigenvalue weighted by Gasteiger charge is 2.06. The predicted molar refractivity (Wildman–Crippen MR) is 75.8 cm³/mol. The molecular weight excluding hydrogens is 262 g/mol. The number of benzene rings is 1. The lowest BCUT2D eigenvalue weighted by molar-refractivity contribution is 0.169. The molecule has 100 valence electrons. The first kappa shape index (κ1) is 13.8. The summed E-state index contributed by atoms with van der Waals surface area (Å²) in [6, 6.07) is 9.05. The van der Waals surface area contributed by atoms with E-state index in [1.807, 2.05) is 26.0 Å². The summed E-state index contributed by atoms with van der Waals surface area (Å²) in [5, 5.41) is 10.4. The Labute approximate surface area is 117 Å². The zero-order valence-corrected chi connectivity index (χ0v) is 11.7. The highest BCUT2D eigenvalue weighted by atomic mass is 35.5. The summed E-state index contributed by atoms with van der Waals surface area (Å²) >= 11 is 5.96. The number of aliphatic hydroxyl groups is 1. The Hall–Kier alpha value is -1.58. The molecule has 0 saturated heterocycles. The van der Waals surface area contributed by atoms with Crippen LogP contribution in [0.5, 0.6) is 11.5 Å². The maximum atomic E-state index is 9.66. The first-order valence-corrected chi connectivity index (χ1v) is 6.56. The van der Waals surface area contributed by atoms with Crippen LogP contribution in [0.25, 0.3) is 0 Å². The second-order valence-electron chi connectivity index (χ2n) is 4.36. The van der Waals surface area contributed by atoms with E-state index in [-0.39, 0.29) is 0 Å². The van der Waals surface area contributed by atoms with E-state index in [2.05, 4.69) is 4.98 Å². The Kier molecular flexibility index (Phi) is 4.40. The molecule has 0 aliphatic heterocycles. The molecule has 1 aromatic heterocycles. The maximum Gasteiger partial charge on any atom is 0.145 e. The van der Waals surface area contributed by atoms with Crippen molar-refractivity contribution in [2.75, 3.05) is 0 Å². The lowest BCUT2D eigenvalue weighted by Crippen LogP contribution is -1.98. The smallest absolute Gasteiger partial charge is 0.145 e. The molecule has 0 aliphatic rings. The van der Waals surface area contributed by atoms with Gasteiger partial charge in [-0.15, -0.1) is 0 Å². The highest BCUT2D eigenvalue weighted by Crippen LogP contribution is 2.26. The van der Waals surface area contributed by atoms with Crippen LogP contribution in [-0.4, -0.2) is 10.1 Å². The van der Waals surface area contributed by atoms with Gasteiger partial charge in [-0.3, -0.25) is 4.98 Å². The molecule has 0 saturated carbocycles. The zero-order chi connectivity index (χ0) is 13.8. The summed E-state index contributed by atoms with van der Waals surface area (Å²) in [6.07, 6.45) is 1.73. The number of hydrogen-bond donors (Lipinski definition) is 1. The molecule has 1 aromatic carbocycles. The van der Waals surface area contributed by atoms with Crippen molar-refractivity contribution in [2.45, 2.75) is 26.4 Å². The largest absolute Gasteiger partial charge is 0.456 e. The molecule has 0 aliphatic carbocycles. The quantitative estimate of drug-likeness (QED) is 0.907. The fourth-order valence-corrected chi connectivity index (χ4v) is 1.79. The van der Waals surface area contributed by atoms with Crippen molar-refractivity contribution in [2.24, 2.45) is 0 Å². The van der Waals surface area contributed by atoms with Gasteiger partial charge in [-0.25, -0.2) is 0 Å². The first-order valence-electron chi connectivity index (χ1n) is 6.18. The summed E-state index contributed by atoms with van der Waals surface area (Å²) in [5.41, 5.74) is 1.62. The lowest BCUT2D eigenvalue weighted by atomic mass is 10.2. The standard InChI is InChI=1S/C15H16ClNO2/c1-3-15(18)14-7-5-12(9-17-14)19-11-4-6-13(16)10(2)8-11/h4-9,15,18H,3H2,1-2H3/t15-/m1/s1. The van der Waals surface area contributed by atoms with Gasteiger partial charge in [0.05, 0.1) is 18.0 Å². The first-order chi connectivity index (χ1) is 9.10. The van der Waals surface area contributed by atoms with Crippen LogP contribution in [0.4, 0.5) is 0 Å². The van der Waals surface area contributed by atoms with Crippen molar-refractivity contribution in [3.05, 3.63) is 52.8 Å². The lowest BCUT2D eigenvalue weighted by Gasteiger charge is -2.09. The third-order valence-electron chi connectivity index (χ3n) is 2.85. The Morgan fingerprint density at radius 2 is 2.00 bits per heavy atom. The number of rotatable bonds is 4. The number of nitrogens with zero attached hydrogens (tertiary/aromatic N) is 1. The molecule has 0 fully saturated rings. The molecule has 2 rings (SSSR count). The molecular formula is C15H16ClNO2. The van der Waals surface area contributed by atoms with Crippen molar-refractivity contribution in [1.29, 1.82) is 0 Å². The van der Waals surface area contributed by atoms with E-state index in [0.717, 1.165) is 5.56 Å². The fraction of sp³-hybridized carbons (Fsp3) is 0.267. The van der Waals surface area contributed by atoms with Gasteiger partial charge in [-0.2, -0.15) is 0 Å². The van der Waals surface area contributed by atoms with E-state index < -0.39 is 6.10 Å². The summed E-state index contributed by atoms with van der Waals surface area (Å²) in [6.45, 7) is 3.83. The molecule has 0 spiro atoms.